The van der Waals surface area contributed by atoms with E-state index in [1.54, 1.807) is 0 Å². The highest BCUT2D eigenvalue weighted by Crippen LogP contribution is 2.32. The monoisotopic (exact) mass is 287 g/mol. The van der Waals surface area contributed by atoms with E-state index >= 15 is 0 Å². The number of aliphatic hydroxyl groups is 1. The molecule has 3 rings (SSSR count). The predicted octanol–water partition coefficient (Wildman–Crippen LogP) is 2.70. The second-order valence-electron chi connectivity index (χ2n) is 5.05. The molecule has 20 heavy (non-hydrogen) atoms. The third-order valence-corrected chi connectivity index (χ3v) is 4.78. The standard InChI is InChI=1S/C16H17NO2S/c1-2-10-7-8-20-15(10)16(19)17-14-12-6-4-3-5-11(12)9-13(14)18/h3-8,13-14,18H,2,9H2,1H3,(H,17,19). The van der Waals surface area contributed by atoms with Crippen LogP contribution in [0.25, 0.3) is 0 Å². The van der Waals surface area contributed by atoms with Crippen molar-refractivity contribution in [2.75, 3.05) is 0 Å². The molecule has 0 saturated heterocycles. The maximum atomic E-state index is 12.4. The number of nitrogens with one attached hydrogen (secondary N) is 1. The number of amides is 1. The van der Waals surface area contributed by atoms with Crippen LogP contribution in [0.3, 0.4) is 0 Å². The minimum Gasteiger partial charge on any atom is -0.390 e. The molecule has 1 aliphatic rings. The molecule has 1 amide bonds. The number of hydrogen-bond donors (Lipinski definition) is 2. The summed E-state index contributed by atoms with van der Waals surface area (Å²) in [5.41, 5.74) is 3.21. The Hall–Kier alpha value is -1.65. The van der Waals surface area contributed by atoms with Crippen LogP contribution in [0.15, 0.2) is 35.7 Å². The first-order valence-corrected chi connectivity index (χ1v) is 7.71. The molecule has 4 heteroatoms. The first-order valence-electron chi connectivity index (χ1n) is 6.83. The van der Waals surface area contributed by atoms with E-state index in [-0.39, 0.29) is 11.9 Å². The Balaban J connectivity index is 1.83. The molecule has 104 valence electrons. The Morgan fingerprint density at radius 1 is 1.40 bits per heavy atom. The summed E-state index contributed by atoms with van der Waals surface area (Å²) >= 11 is 1.45. The number of rotatable bonds is 3. The lowest BCUT2D eigenvalue weighted by Gasteiger charge is -2.18. The fourth-order valence-corrected chi connectivity index (χ4v) is 3.67. The summed E-state index contributed by atoms with van der Waals surface area (Å²) in [6, 6.07) is 9.57. The molecular formula is C16H17NO2S. The predicted molar refractivity (Wildman–Crippen MR) is 80.1 cm³/mol. The summed E-state index contributed by atoms with van der Waals surface area (Å²) in [6.07, 6.45) is 0.906. The second kappa shape index (κ2) is 5.38. The van der Waals surface area contributed by atoms with Gasteiger partial charge >= 0.3 is 0 Å². The molecule has 3 nitrogen and oxygen atoms in total. The minimum absolute atomic E-state index is 0.0856. The minimum atomic E-state index is -0.540. The summed E-state index contributed by atoms with van der Waals surface area (Å²) in [5, 5.41) is 15.1. The van der Waals surface area contributed by atoms with E-state index in [0.29, 0.717) is 6.42 Å². The highest BCUT2D eigenvalue weighted by molar-refractivity contribution is 7.12. The van der Waals surface area contributed by atoms with Gasteiger partial charge in [-0.05, 0) is 34.6 Å². The number of fused-ring (bicyclic) bond motifs is 1. The molecule has 2 aromatic rings. The fraction of sp³-hybridized carbons (Fsp3) is 0.312. The van der Waals surface area contributed by atoms with Crippen molar-refractivity contribution >= 4 is 17.2 Å². The van der Waals surface area contributed by atoms with Crippen LogP contribution in [0.4, 0.5) is 0 Å². The van der Waals surface area contributed by atoms with Crippen molar-refractivity contribution in [3.8, 4) is 0 Å². The lowest BCUT2D eigenvalue weighted by atomic mass is 10.1. The molecule has 1 aliphatic carbocycles. The van der Waals surface area contributed by atoms with E-state index < -0.39 is 6.10 Å². The molecule has 0 saturated carbocycles. The number of hydrogen-bond acceptors (Lipinski definition) is 3. The van der Waals surface area contributed by atoms with Crippen molar-refractivity contribution < 1.29 is 9.90 Å². The number of aryl methyl sites for hydroxylation is 1. The average molecular weight is 287 g/mol. The largest absolute Gasteiger partial charge is 0.390 e. The Labute approximate surface area is 122 Å². The number of thiophene rings is 1. The van der Waals surface area contributed by atoms with Crippen LogP contribution in [-0.4, -0.2) is 17.1 Å². The quantitative estimate of drug-likeness (QED) is 0.912. The van der Waals surface area contributed by atoms with Gasteiger partial charge in [-0.15, -0.1) is 11.3 Å². The first kappa shape index (κ1) is 13.3. The van der Waals surface area contributed by atoms with E-state index in [0.717, 1.165) is 28.0 Å². The van der Waals surface area contributed by atoms with Crippen LogP contribution in [0, 0.1) is 0 Å². The number of carbonyl (C=O) groups excluding carboxylic acids is 1. The number of carbonyl (C=O) groups is 1. The molecule has 0 aliphatic heterocycles. The topological polar surface area (TPSA) is 49.3 Å². The van der Waals surface area contributed by atoms with Gasteiger partial charge in [0.05, 0.1) is 17.0 Å². The number of aliphatic hydroxyl groups excluding tert-OH is 1. The third kappa shape index (κ3) is 2.25. The molecule has 1 aromatic heterocycles. The SMILES string of the molecule is CCc1ccsc1C(=O)NC1c2ccccc2CC1O. The Morgan fingerprint density at radius 3 is 3.00 bits per heavy atom. The van der Waals surface area contributed by atoms with Crippen LogP contribution in [0.1, 0.15) is 39.3 Å². The molecule has 1 heterocycles. The van der Waals surface area contributed by atoms with Gasteiger partial charge in [0.25, 0.3) is 5.91 Å². The smallest absolute Gasteiger partial charge is 0.262 e. The molecule has 0 spiro atoms. The zero-order valence-electron chi connectivity index (χ0n) is 11.3. The second-order valence-corrected chi connectivity index (χ2v) is 5.97. The van der Waals surface area contributed by atoms with Crippen LogP contribution >= 0.6 is 11.3 Å². The molecule has 2 atom stereocenters. The van der Waals surface area contributed by atoms with E-state index in [2.05, 4.69) is 5.32 Å². The Kier molecular flexibility index (Phi) is 3.59. The molecule has 2 unspecified atom stereocenters. The van der Waals surface area contributed by atoms with Crippen LogP contribution in [0.2, 0.25) is 0 Å². The molecule has 2 N–H and O–H groups in total. The zero-order chi connectivity index (χ0) is 14.1. The van der Waals surface area contributed by atoms with Gasteiger partial charge in [0.1, 0.15) is 0 Å². The van der Waals surface area contributed by atoms with Crippen molar-refractivity contribution in [3.63, 3.8) is 0 Å². The zero-order valence-corrected chi connectivity index (χ0v) is 12.1. The normalized spacial score (nSPS) is 20.7. The van der Waals surface area contributed by atoms with Crippen LogP contribution < -0.4 is 5.32 Å². The first-order chi connectivity index (χ1) is 9.70. The lowest BCUT2D eigenvalue weighted by Crippen LogP contribution is -2.33. The van der Waals surface area contributed by atoms with Gasteiger partial charge < -0.3 is 10.4 Å². The van der Waals surface area contributed by atoms with Crippen molar-refractivity contribution in [2.24, 2.45) is 0 Å². The maximum absolute atomic E-state index is 12.4. The highest BCUT2D eigenvalue weighted by Gasteiger charge is 2.32. The number of benzene rings is 1. The van der Waals surface area contributed by atoms with E-state index in [1.807, 2.05) is 42.6 Å². The van der Waals surface area contributed by atoms with Gasteiger partial charge in [0.2, 0.25) is 0 Å². The molecule has 1 aromatic carbocycles. The van der Waals surface area contributed by atoms with Crippen LogP contribution in [-0.2, 0) is 12.8 Å². The molecular weight excluding hydrogens is 270 g/mol. The van der Waals surface area contributed by atoms with Gasteiger partial charge in [-0.25, -0.2) is 0 Å². The molecule has 0 fully saturated rings. The highest BCUT2D eigenvalue weighted by atomic mass is 32.1. The van der Waals surface area contributed by atoms with Crippen molar-refractivity contribution in [1.29, 1.82) is 0 Å². The third-order valence-electron chi connectivity index (χ3n) is 3.82. The molecule has 0 bridgehead atoms. The lowest BCUT2D eigenvalue weighted by molar-refractivity contribution is 0.0861. The summed E-state index contributed by atoms with van der Waals surface area (Å²) in [6.45, 7) is 2.04. The van der Waals surface area contributed by atoms with Gasteiger partial charge in [-0.2, -0.15) is 0 Å². The van der Waals surface area contributed by atoms with Gasteiger partial charge in [0.15, 0.2) is 0 Å². The summed E-state index contributed by atoms with van der Waals surface area (Å²) in [4.78, 5) is 13.1. The summed E-state index contributed by atoms with van der Waals surface area (Å²) < 4.78 is 0. The van der Waals surface area contributed by atoms with Crippen LogP contribution in [0.5, 0.6) is 0 Å². The van der Waals surface area contributed by atoms with E-state index in [4.69, 9.17) is 0 Å². The Morgan fingerprint density at radius 2 is 2.20 bits per heavy atom. The van der Waals surface area contributed by atoms with Gasteiger partial charge in [-0.3, -0.25) is 4.79 Å². The van der Waals surface area contributed by atoms with Gasteiger partial charge in [0, 0.05) is 6.42 Å². The van der Waals surface area contributed by atoms with Gasteiger partial charge in [-0.1, -0.05) is 31.2 Å². The van der Waals surface area contributed by atoms with Crippen molar-refractivity contribution in [2.45, 2.75) is 31.9 Å². The van der Waals surface area contributed by atoms with E-state index in [1.165, 1.54) is 11.3 Å². The summed E-state index contributed by atoms with van der Waals surface area (Å²) in [7, 11) is 0. The maximum Gasteiger partial charge on any atom is 0.262 e. The van der Waals surface area contributed by atoms with E-state index in [9.17, 15) is 9.90 Å². The molecule has 0 radical (unpaired) electrons. The Bertz CT molecular complexity index is 635. The summed E-state index contributed by atoms with van der Waals surface area (Å²) in [5.74, 6) is -0.0856. The van der Waals surface area contributed by atoms with Crippen molar-refractivity contribution in [3.05, 3.63) is 57.3 Å². The van der Waals surface area contributed by atoms with Crippen molar-refractivity contribution in [1.82, 2.24) is 5.32 Å². The average Bonchev–Trinajstić information content (AvgIpc) is 3.04. The fourth-order valence-electron chi connectivity index (χ4n) is 2.77.